The Labute approximate surface area is 314 Å². The van der Waals surface area contributed by atoms with Gasteiger partial charge in [-0.2, -0.15) is 0 Å². The summed E-state index contributed by atoms with van der Waals surface area (Å²) in [7, 11) is -3.93. The van der Waals surface area contributed by atoms with Crippen molar-refractivity contribution >= 4 is 50.5 Å². The molecule has 2 aromatic rings. The molecule has 1 aromatic heterocycles. The molecule has 4 bridgehead atoms. The molecule has 288 valence electrons. The predicted octanol–water partition coefficient (Wildman–Crippen LogP) is 2.27. The number of fused-ring (bicyclic) bond motifs is 3. The predicted molar refractivity (Wildman–Crippen MR) is 198 cm³/mol. The van der Waals surface area contributed by atoms with Crippen LogP contribution in [0.25, 0.3) is 10.8 Å². The molecule has 15 nitrogen and oxygen atoms in total. The number of benzene rings is 1. The van der Waals surface area contributed by atoms with Gasteiger partial charge in [0.15, 0.2) is 0 Å². The number of carbonyl (C=O) groups is 5. The van der Waals surface area contributed by atoms with Gasteiger partial charge < -0.3 is 29.9 Å². The van der Waals surface area contributed by atoms with Gasteiger partial charge in [0.2, 0.25) is 33.6 Å². The van der Waals surface area contributed by atoms with E-state index in [1.54, 1.807) is 6.20 Å². The molecule has 3 fully saturated rings. The van der Waals surface area contributed by atoms with Gasteiger partial charge in [0.1, 0.15) is 23.7 Å². The van der Waals surface area contributed by atoms with Crippen molar-refractivity contribution < 1.29 is 41.9 Å². The Balaban J connectivity index is 1.34. The van der Waals surface area contributed by atoms with Crippen LogP contribution in [0.3, 0.4) is 0 Å². The third kappa shape index (κ3) is 8.43. The third-order valence-corrected chi connectivity index (χ3v) is 12.2. The molecule has 3 heterocycles. The number of aromatic nitrogens is 1. The first-order valence-corrected chi connectivity index (χ1v) is 19.7. The van der Waals surface area contributed by atoms with Crippen molar-refractivity contribution in [3.8, 4) is 5.88 Å². The zero-order valence-electron chi connectivity index (χ0n) is 30.0. The van der Waals surface area contributed by atoms with Crippen molar-refractivity contribution in [1.82, 2.24) is 30.1 Å². The van der Waals surface area contributed by atoms with Crippen LogP contribution in [0.5, 0.6) is 5.88 Å². The first-order valence-electron chi connectivity index (χ1n) is 18.2. The molecule has 2 saturated carbocycles. The monoisotopic (exact) mass is 762 g/mol. The van der Waals surface area contributed by atoms with Gasteiger partial charge in [-0.3, -0.25) is 23.9 Å². The second-order valence-electron chi connectivity index (χ2n) is 14.2. The molecule has 6 rings (SSSR count). The number of rotatable bonds is 11. The molecule has 0 radical (unpaired) electrons. The fourth-order valence-corrected chi connectivity index (χ4v) is 8.46. The van der Waals surface area contributed by atoms with Crippen molar-refractivity contribution in [2.75, 3.05) is 26.2 Å². The lowest BCUT2D eigenvalue weighted by molar-refractivity contribution is -0.141. The van der Waals surface area contributed by atoms with E-state index in [1.807, 2.05) is 24.3 Å². The lowest BCUT2D eigenvalue weighted by atomic mass is 10.0. The summed E-state index contributed by atoms with van der Waals surface area (Å²) in [6.45, 7) is 10.7. The van der Waals surface area contributed by atoms with Crippen molar-refractivity contribution in [2.45, 2.75) is 80.3 Å². The van der Waals surface area contributed by atoms with Crippen molar-refractivity contribution in [2.24, 2.45) is 5.92 Å². The molecule has 0 unspecified atom stereocenters. The number of nitrogens with one attached hydrogen (secondary N) is 3. The zero-order valence-corrected chi connectivity index (χ0v) is 30.9. The van der Waals surface area contributed by atoms with E-state index in [4.69, 9.17) is 9.47 Å². The van der Waals surface area contributed by atoms with Gasteiger partial charge in [-0.25, -0.2) is 18.2 Å². The van der Waals surface area contributed by atoms with Crippen LogP contribution in [-0.4, -0.2) is 108 Å². The summed E-state index contributed by atoms with van der Waals surface area (Å²) in [6.07, 6.45) is 7.87. The Morgan fingerprint density at radius 2 is 1.91 bits per heavy atom. The minimum Gasteiger partial charge on any atom is -0.472 e. The van der Waals surface area contributed by atoms with Crippen LogP contribution in [0.1, 0.15) is 50.5 Å². The van der Waals surface area contributed by atoms with Crippen LogP contribution >= 0.6 is 0 Å². The number of hydrogen-bond donors (Lipinski definition) is 3. The maximum absolute atomic E-state index is 14.6. The summed E-state index contributed by atoms with van der Waals surface area (Å²) in [5.74, 6) is -3.10. The van der Waals surface area contributed by atoms with Crippen molar-refractivity contribution in [3.63, 3.8) is 0 Å². The van der Waals surface area contributed by atoms with Crippen LogP contribution in [0.15, 0.2) is 68.4 Å². The van der Waals surface area contributed by atoms with E-state index in [2.05, 4.69) is 40.1 Å². The smallest absolute Gasteiger partial charge is 0.407 e. The Kier molecular flexibility index (Phi) is 11.4. The second kappa shape index (κ2) is 16.0. The number of sulfonamides is 1. The summed E-state index contributed by atoms with van der Waals surface area (Å²) in [6, 6.07) is 5.27. The van der Waals surface area contributed by atoms with Gasteiger partial charge in [0.25, 0.3) is 5.91 Å². The molecule has 16 heteroatoms. The molecule has 5 atom stereocenters. The van der Waals surface area contributed by atoms with Crippen LogP contribution in [0, 0.1) is 5.92 Å². The second-order valence-corrected chi connectivity index (χ2v) is 16.2. The average Bonchev–Trinajstić information content (AvgIpc) is 4.08. The minimum atomic E-state index is -3.93. The maximum Gasteiger partial charge on any atom is 0.407 e. The van der Waals surface area contributed by atoms with E-state index < -0.39 is 74.6 Å². The molecule has 3 N–H and O–H groups in total. The number of cyclic esters (lactones) is 1. The van der Waals surface area contributed by atoms with Crippen LogP contribution in [0.2, 0.25) is 0 Å². The van der Waals surface area contributed by atoms with E-state index in [9.17, 15) is 32.4 Å². The van der Waals surface area contributed by atoms with Gasteiger partial charge in [-0.05, 0) is 74.1 Å². The van der Waals surface area contributed by atoms with Gasteiger partial charge in [0, 0.05) is 30.5 Å². The highest BCUT2D eigenvalue weighted by molar-refractivity contribution is 7.91. The first kappa shape index (κ1) is 38.5. The number of pyridine rings is 1. The number of ether oxygens (including phenoxy) is 2. The third-order valence-electron chi connectivity index (χ3n) is 10.3. The molecule has 2 aliphatic carbocycles. The minimum absolute atomic E-state index is 0.0279. The summed E-state index contributed by atoms with van der Waals surface area (Å²) in [5, 5.41) is 6.33. The van der Waals surface area contributed by atoms with Gasteiger partial charge in [-0.1, -0.05) is 30.9 Å². The number of hydrogen-bond acceptors (Lipinski definition) is 10. The molecule has 5 amide bonds. The van der Waals surface area contributed by atoms with E-state index in [-0.39, 0.29) is 39.1 Å². The highest BCUT2D eigenvalue weighted by Gasteiger charge is 2.62. The number of nitrogens with zero attached hydrogens (tertiary/aromatic N) is 3. The molecular formula is C38H46N6O9S. The Morgan fingerprint density at radius 3 is 2.61 bits per heavy atom. The molecule has 1 aromatic carbocycles. The van der Waals surface area contributed by atoms with E-state index in [0.717, 1.165) is 41.7 Å². The number of aryl methyl sites for hydroxylation is 1. The van der Waals surface area contributed by atoms with E-state index >= 15 is 0 Å². The molecule has 1 saturated heterocycles. The largest absolute Gasteiger partial charge is 0.472 e. The normalized spacial score (nSPS) is 25.9. The lowest BCUT2D eigenvalue weighted by Crippen LogP contribution is -2.60. The summed E-state index contributed by atoms with van der Waals surface area (Å²) >= 11 is 0. The highest BCUT2D eigenvalue weighted by atomic mass is 32.2. The van der Waals surface area contributed by atoms with Gasteiger partial charge in [0.05, 0.1) is 24.9 Å². The fraction of sp³-hybridized carbons (Fsp3) is 0.474. The number of alkyl carbamates (subject to hydrolysis) is 1. The van der Waals surface area contributed by atoms with Gasteiger partial charge >= 0.3 is 6.09 Å². The quantitative estimate of drug-likeness (QED) is 0.226. The first-order chi connectivity index (χ1) is 25.9. The van der Waals surface area contributed by atoms with Crippen LogP contribution in [0.4, 0.5) is 4.79 Å². The maximum atomic E-state index is 14.6. The van der Waals surface area contributed by atoms with Crippen molar-refractivity contribution in [1.29, 1.82) is 0 Å². The van der Waals surface area contributed by atoms with Crippen molar-refractivity contribution in [3.05, 3.63) is 74.0 Å². The average molecular weight is 763 g/mol. The fourth-order valence-electron chi connectivity index (χ4n) is 7.09. The highest BCUT2D eigenvalue weighted by Crippen LogP contribution is 2.45. The lowest BCUT2D eigenvalue weighted by Gasteiger charge is -2.32. The SMILES string of the molecule is C=CCN(C[C@@H]1NC(=O)OCCCCCc2ccc3ccnc(c3c2)O[C@@H]2C[C@@H](C(=O)N[C@]3(C(=O)NS(=O)(=O)C4CC4)C[C@H]3C=C)N(C2)C1=O)C(=O)C=C. The van der Waals surface area contributed by atoms with E-state index in [1.165, 1.54) is 22.0 Å². The molecular weight excluding hydrogens is 717 g/mol. The van der Waals surface area contributed by atoms with E-state index in [0.29, 0.717) is 25.1 Å². The molecule has 4 aliphatic rings. The Morgan fingerprint density at radius 1 is 1.11 bits per heavy atom. The molecule has 54 heavy (non-hydrogen) atoms. The van der Waals surface area contributed by atoms with Crippen LogP contribution in [-0.2, 0) is 40.4 Å². The standard InChI is InChI=1S/C38H46N6O9S/c1-4-17-43(32(45)6-3)23-30-35(47)44-22-27(20-31(44)33(46)41-38(21-26(38)5-2)36(48)42-54(50,51)28-13-14-28)53-34-29-19-24(11-12-25(29)15-16-39-34)10-8-7-9-18-52-37(49)40-30/h4-6,11-12,15-16,19,26-28,30-31H,1-3,7-10,13-14,17-18,20-23H2,(H,40,49)(H,41,46)(H,42,48)/t26-,27-,30+,31+,38-/m1/s1. The van der Waals surface area contributed by atoms with Gasteiger partial charge in [-0.15, -0.1) is 13.2 Å². The summed E-state index contributed by atoms with van der Waals surface area (Å²) in [4.78, 5) is 75.3. The van der Waals surface area contributed by atoms with Crippen LogP contribution < -0.4 is 20.1 Å². The number of amides is 5. The zero-order chi connectivity index (χ0) is 38.6. The number of carbonyl (C=O) groups excluding carboxylic acids is 5. The Hall–Kier alpha value is -5.25. The summed E-state index contributed by atoms with van der Waals surface area (Å²) in [5.41, 5.74) is -0.539. The Bertz CT molecular complexity index is 1970. The molecule has 0 spiro atoms. The summed E-state index contributed by atoms with van der Waals surface area (Å²) < 4.78 is 39.4. The topological polar surface area (TPSA) is 193 Å². The molecule has 2 aliphatic heterocycles.